The minimum absolute atomic E-state index is 0.111. The highest BCUT2D eigenvalue weighted by molar-refractivity contribution is 5.93. The highest BCUT2D eigenvalue weighted by atomic mass is 16.5. The zero-order valence-corrected chi connectivity index (χ0v) is 10.9. The monoisotopic (exact) mass is 242 g/mol. The molecular weight excluding hydrogens is 220 g/mol. The Labute approximate surface area is 102 Å². The first-order chi connectivity index (χ1) is 7.85. The molecule has 1 saturated carbocycles. The largest absolute Gasteiger partial charge is 0.481 e. The van der Waals surface area contributed by atoms with Crippen molar-refractivity contribution in [2.24, 2.45) is 11.3 Å². The summed E-state index contributed by atoms with van der Waals surface area (Å²) in [5.41, 5.74) is 0.189. The summed E-state index contributed by atoms with van der Waals surface area (Å²) in [5.74, 6) is -2.68. The van der Waals surface area contributed by atoms with E-state index in [2.05, 4.69) is 13.8 Å². The lowest BCUT2D eigenvalue weighted by molar-refractivity contribution is -0.164. The third kappa shape index (κ3) is 4.02. The summed E-state index contributed by atoms with van der Waals surface area (Å²) in [6.45, 7) is 5.99. The van der Waals surface area contributed by atoms with Crippen LogP contribution >= 0.6 is 0 Å². The minimum Gasteiger partial charge on any atom is -0.481 e. The molecule has 0 aliphatic heterocycles. The van der Waals surface area contributed by atoms with Crippen LogP contribution < -0.4 is 0 Å². The Bertz CT molecular complexity index is 296. The van der Waals surface area contributed by atoms with Crippen LogP contribution in [0.3, 0.4) is 0 Å². The zero-order valence-electron chi connectivity index (χ0n) is 10.9. The van der Waals surface area contributed by atoms with Crippen molar-refractivity contribution in [3.05, 3.63) is 0 Å². The van der Waals surface area contributed by atoms with Crippen molar-refractivity contribution in [2.75, 3.05) is 0 Å². The van der Waals surface area contributed by atoms with Gasteiger partial charge in [0.2, 0.25) is 0 Å². The Morgan fingerprint density at radius 1 is 1.47 bits per heavy atom. The molecule has 98 valence electrons. The number of hydrogen-bond donors (Lipinski definition) is 1. The number of ether oxygens (including phenoxy) is 1. The highest BCUT2D eigenvalue weighted by Crippen LogP contribution is 2.36. The normalized spacial score (nSPS) is 25.0. The van der Waals surface area contributed by atoms with E-state index >= 15 is 0 Å². The molecule has 2 unspecified atom stereocenters. The first-order valence-electron chi connectivity index (χ1n) is 6.29. The van der Waals surface area contributed by atoms with Gasteiger partial charge < -0.3 is 9.84 Å². The van der Waals surface area contributed by atoms with Gasteiger partial charge in [-0.2, -0.15) is 0 Å². The van der Waals surface area contributed by atoms with Crippen LogP contribution in [0.2, 0.25) is 0 Å². The van der Waals surface area contributed by atoms with Gasteiger partial charge in [0.15, 0.2) is 5.92 Å². The Hall–Kier alpha value is -1.06. The molecule has 0 bridgehead atoms. The van der Waals surface area contributed by atoms with Gasteiger partial charge in [-0.05, 0) is 37.5 Å². The SMILES string of the molecule is CCC(C(=O)O)C(=O)OC1CCCC(C)(C)C1. The lowest BCUT2D eigenvalue weighted by atomic mass is 9.76. The number of carboxylic acids is 1. The molecule has 0 spiro atoms. The van der Waals surface area contributed by atoms with Crippen LogP contribution in [-0.4, -0.2) is 23.1 Å². The van der Waals surface area contributed by atoms with Gasteiger partial charge in [-0.25, -0.2) is 0 Å². The maximum Gasteiger partial charge on any atom is 0.320 e. The molecule has 0 radical (unpaired) electrons. The topological polar surface area (TPSA) is 63.6 Å². The van der Waals surface area contributed by atoms with E-state index in [1.165, 1.54) is 0 Å². The van der Waals surface area contributed by atoms with E-state index in [1.807, 2.05) is 0 Å². The second-order valence-corrected chi connectivity index (χ2v) is 5.62. The Morgan fingerprint density at radius 2 is 2.12 bits per heavy atom. The van der Waals surface area contributed by atoms with Crippen molar-refractivity contribution in [2.45, 2.75) is 59.0 Å². The van der Waals surface area contributed by atoms with Crippen LogP contribution in [-0.2, 0) is 14.3 Å². The molecule has 0 heterocycles. The van der Waals surface area contributed by atoms with Gasteiger partial charge in [0.1, 0.15) is 6.10 Å². The van der Waals surface area contributed by atoms with Crippen molar-refractivity contribution >= 4 is 11.9 Å². The molecule has 1 fully saturated rings. The number of esters is 1. The first kappa shape index (κ1) is 14.0. The molecule has 4 heteroatoms. The molecule has 0 aromatic heterocycles. The number of rotatable bonds is 4. The summed E-state index contributed by atoms with van der Waals surface area (Å²) >= 11 is 0. The summed E-state index contributed by atoms with van der Waals surface area (Å²) in [7, 11) is 0. The maximum atomic E-state index is 11.7. The van der Waals surface area contributed by atoms with E-state index in [-0.39, 0.29) is 17.9 Å². The van der Waals surface area contributed by atoms with Gasteiger partial charge in [-0.15, -0.1) is 0 Å². The molecule has 0 saturated heterocycles. The molecule has 1 aliphatic rings. The Balaban J connectivity index is 2.53. The predicted molar refractivity (Wildman–Crippen MR) is 63.5 cm³/mol. The second kappa shape index (κ2) is 5.52. The van der Waals surface area contributed by atoms with E-state index in [9.17, 15) is 9.59 Å². The third-order valence-corrected chi connectivity index (χ3v) is 3.43. The van der Waals surface area contributed by atoms with Gasteiger partial charge in [-0.3, -0.25) is 9.59 Å². The fraction of sp³-hybridized carbons (Fsp3) is 0.846. The van der Waals surface area contributed by atoms with Gasteiger partial charge >= 0.3 is 11.9 Å². The quantitative estimate of drug-likeness (QED) is 0.608. The molecule has 0 aromatic rings. The molecule has 4 nitrogen and oxygen atoms in total. The van der Waals surface area contributed by atoms with Gasteiger partial charge in [-0.1, -0.05) is 20.8 Å². The van der Waals surface area contributed by atoms with Crippen molar-refractivity contribution in [3.8, 4) is 0 Å². The van der Waals surface area contributed by atoms with Crippen molar-refractivity contribution in [3.63, 3.8) is 0 Å². The van der Waals surface area contributed by atoms with Crippen molar-refractivity contribution in [1.82, 2.24) is 0 Å². The molecule has 0 aromatic carbocycles. The second-order valence-electron chi connectivity index (χ2n) is 5.62. The summed E-state index contributed by atoms with van der Waals surface area (Å²) in [6, 6.07) is 0. The smallest absolute Gasteiger partial charge is 0.320 e. The van der Waals surface area contributed by atoms with E-state index in [0.29, 0.717) is 0 Å². The summed E-state index contributed by atoms with van der Waals surface area (Å²) in [4.78, 5) is 22.5. The van der Waals surface area contributed by atoms with E-state index in [4.69, 9.17) is 9.84 Å². The van der Waals surface area contributed by atoms with E-state index < -0.39 is 17.9 Å². The number of aliphatic carboxylic acids is 1. The van der Waals surface area contributed by atoms with Crippen LogP contribution in [0.25, 0.3) is 0 Å². The standard InChI is InChI=1S/C13H22O4/c1-4-10(11(14)15)12(16)17-9-6-5-7-13(2,3)8-9/h9-10H,4-8H2,1-3H3,(H,14,15). The number of carboxylic acid groups (broad SMARTS) is 1. The van der Waals surface area contributed by atoms with Crippen LogP contribution in [0.5, 0.6) is 0 Å². The molecular formula is C13H22O4. The number of carbonyl (C=O) groups is 2. The van der Waals surface area contributed by atoms with E-state index in [0.717, 1.165) is 25.7 Å². The fourth-order valence-corrected chi connectivity index (χ4v) is 2.42. The van der Waals surface area contributed by atoms with E-state index in [1.54, 1.807) is 6.92 Å². The van der Waals surface area contributed by atoms with Crippen LogP contribution in [0.4, 0.5) is 0 Å². The molecule has 0 amide bonds. The Kier molecular flexibility index (Phi) is 4.54. The molecule has 17 heavy (non-hydrogen) atoms. The average molecular weight is 242 g/mol. The molecule has 1 rings (SSSR count). The van der Waals surface area contributed by atoms with Crippen LogP contribution in [0, 0.1) is 11.3 Å². The molecule has 2 atom stereocenters. The van der Waals surface area contributed by atoms with Crippen LogP contribution in [0.1, 0.15) is 52.9 Å². The van der Waals surface area contributed by atoms with Gasteiger partial charge in [0, 0.05) is 0 Å². The van der Waals surface area contributed by atoms with Crippen molar-refractivity contribution in [1.29, 1.82) is 0 Å². The summed E-state index contributed by atoms with van der Waals surface area (Å²) in [5, 5.41) is 8.87. The third-order valence-electron chi connectivity index (χ3n) is 3.43. The average Bonchev–Trinajstić information content (AvgIpc) is 2.15. The van der Waals surface area contributed by atoms with Crippen molar-refractivity contribution < 1.29 is 19.4 Å². The lowest BCUT2D eigenvalue weighted by Crippen LogP contribution is -2.34. The first-order valence-corrected chi connectivity index (χ1v) is 6.29. The highest BCUT2D eigenvalue weighted by Gasteiger charge is 2.33. The fourth-order valence-electron chi connectivity index (χ4n) is 2.42. The summed E-state index contributed by atoms with van der Waals surface area (Å²) in [6.07, 6.45) is 4.02. The predicted octanol–water partition coefficient (Wildman–Crippen LogP) is 2.61. The maximum absolute atomic E-state index is 11.7. The van der Waals surface area contributed by atoms with Gasteiger partial charge in [0.05, 0.1) is 0 Å². The van der Waals surface area contributed by atoms with Gasteiger partial charge in [0.25, 0.3) is 0 Å². The number of carbonyl (C=O) groups excluding carboxylic acids is 1. The molecule has 1 aliphatic carbocycles. The molecule has 1 N–H and O–H groups in total. The van der Waals surface area contributed by atoms with Crippen LogP contribution in [0.15, 0.2) is 0 Å². The lowest BCUT2D eigenvalue weighted by Gasteiger charge is -2.35. The number of hydrogen-bond acceptors (Lipinski definition) is 3. The minimum atomic E-state index is -1.09. The Morgan fingerprint density at radius 3 is 2.59 bits per heavy atom. The summed E-state index contributed by atoms with van der Waals surface area (Å²) < 4.78 is 5.32. The zero-order chi connectivity index (χ0) is 13.1.